The Morgan fingerprint density at radius 3 is 2.44 bits per heavy atom. The highest BCUT2D eigenvalue weighted by Crippen LogP contribution is 2.15. The van der Waals surface area contributed by atoms with Gasteiger partial charge < -0.3 is 14.3 Å². The molecule has 4 nitrogen and oxygen atoms in total. The van der Waals surface area contributed by atoms with Crippen LogP contribution in [0.25, 0.3) is 0 Å². The number of ether oxygens (including phenoxy) is 1. The molecule has 1 aromatic heterocycles. The number of hydrogen-bond donors (Lipinski definition) is 1. The minimum atomic E-state index is -0.0318. The molecule has 1 aliphatic heterocycles. The Morgan fingerprint density at radius 1 is 1.25 bits per heavy atom. The SMILES string of the molecule is CC1CN(Cc2ccc(CO)o2)CC(C)O1. The van der Waals surface area contributed by atoms with Crippen molar-refractivity contribution < 1.29 is 14.3 Å². The summed E-state index contributed by atoms with van der Waals surface area (Å²) >= 11 is 0. The van der Waals surface area contributed by atoms with Gasteiger partial charge in [0.1, 0.15) is 18.1 Å². The van der Waals surface area contributed by atoms with Crippen molar-refractivity contribution in [2.75, 3.05) is 13.1 Å². The summed E-state index contributed by atoms with van der Waals surface area (Å²) in [7, 11) is 0. The first-order valence-electron chi connectivity index (χ1n) is 5.73. The van der Waals surface area contributed by atoms with Crippen LogP contribution < -0.4 is 0 Å². The Kier molecular flexibility index (Phi) is 3.63. The second-order valence-corrected chi connectivity index (χ2v) is 4.48. The lowest BCUT2D eigenvalue weighted by atomic mass is 10.2. The molecule has 2 rings (SSSR count). The Bertz CT molecular complexity index is 327. The molecule has 2 heterocycles. The van der Waals surface area contributed by atoms with E-state index in [4.69, 9.17) is 14.3 Å². The summed E-state index contributed by atoms with van der Waals surface area (Å²) < 4.78 is 11.1. The van der Waals surface area contributed by atoms with Crippen molar-refractivity contribution in [2.24, 2.45) is 0 Å². The lowest BCUT2D eigenvalue weighted by Gasteiger charge is -2.34. The highest BCUT2D eigenvalue weighted by molar-refractivity contribution is 5.06. The molecule has 1 fully saturated rings. The van der Waals surface area contributed by atoms with Crippen LogP contribution in [0.4, 0.5) is 0 Å². The second-order valence-electron chi connectivity index (χ2n) is 4.48. The van der Waals surface area contributed by atoms with E-state index in [-0.39, 0.29) is 18.8 Å². The van der Waals surface area contributed by atoms with Crippen molar-refractivity contribution in [2.45, 2.75) is 39.2 Å². The maximum atomic E-state index is 8.91. The molecule has 0 aliphatic carbocycles. The molecule has 0 amide bonds. The van der Waals surface area contributed by atoms with Crippen molar-refractivity contribution in [3.05, 3.63) is 23.7 Å². The van der Waals surface area contributed by atoms with Crippen molar-refractivity contribution >= 4 is 0 Å². The van der Waals surface area contributed by atoms with E-state index < -0.39 is 0 Å². The maximum Gasteiger partial charge on any atom is 0.129 e. The summed E-state index contributed by atoms with van der Waals surface area (Å²) in [4.78, 5) is 2.32. The summed E-state index contributed by atoms with van der Waals surface area (Å²) in [5, 5.41) is 8.91. The van der Waals surface area contributed by atoms with Gasteiger partial charge in [0.15, 0.2) is 0 Å². The minimum absolute atomic E-state index is 0.0318. The second kappa shape index (κ2) is 4.99. The number of rotatable bonds is 3. The Labute approximate surface area is 95.8 Å². The third kappa shape index (κ3) is 2.84. The topological polar surface area (TPSA) is 45.8 Å². The predicted molar refractivity (Wildman–Crippen MR) is 59.9 cm³/mol. The molecular weight excluding hydrogens is 206 g/mol. The van der Waals surface area contributed by atoms with Crippen LogP contribution in [-0.4, -0.2) is 35.3 Å². The van der Waals surface area contributed by atoms with Gasteiger partial charge in [0.25, 0.3) is 0 Å². The molecule has 2 unspecified atom stereocenters. The van der Waals surface area contributed by atoms with Crippen LogP contribution >= 0.6 is 0 Å². The lowest BCUT2D eigenvalue weighted by molar-refractivity contribution is -0.0719. The number of hydrogen-bond acceptors (Lipinski definition) is 4. The van der Waals surface area contributed by atoms with Crippen LogP contribution in [0.1, 0.15) is 25.4 Å². The van der Waals surface area contributed by atoms with Gasteiger partial charge in [-0.25, -0.2) is 0 Å². The molecule has 0 radical (unpaired) electrons. The van der Waals surface area contributed by atoms with Gasteiger partial charge in [-0.2, -0.15) is 0 Å². The van der Waals surface area contributed by atoms with Gasteiger partial charge in [-0.1, -0.05) is 0 Å². The normalized spacial score (nSPS) is 27.2. The molecule has 0 aromatic carbocycles. The highest BCUT2D eigenvalue weighted by Gasteiger charge is 2.22. The van der Waals surface area contributed by atoms with Crippen molar-refractivity contribution in [1.82, 2.24) is 4.90 Å². The van der Waals surface area contributed by atoms with Gasteiger partial charge >= 0.3 is 0 Å². The monoisotopic (exact) mass is 225 g/mol. The molecule has 1 N–H and O–H groups in total. The smallest absolute Gasteiger partial charge is 0.129 e. The summed E-state index contributed by atoms with van der Waals surface area (Å²) in [5.74, 6) is 1.54. The molecule has 0 bridgehead atoms. The van der Waals surface area contributed by atoms with Crippen molar-refractivity contribution in [3.8, 4) is 0 Å². The van der Waals surface area contributed by atoms with E-state index >= 15 is 0 Å². The molecule has 1 aromatic rings. The number of nitrogens with zero attached hydrogens (tertiary/aromatic N) is 1. The molecule has 0 saturated carbocycles. The van der Waals surface area contributed by atoms with Gasteiger partial charge in [-0.05, 0) is 26.0 Å². The van der Waals surface area contributed by atoms with Crippen LogP contribution in [0.2, 0.25) is 0 Å². The van der Waals surface area contributed by atoms with Gasteiger partial charge in [-0.3, -0.25) is 4.90 Å². The zero-order chi connectivity index (χ0) is 11.5. The van der Waals surface area contributed by atoms with Gasteiger partial charge in [0.05, 0.1) is 18.8 Å². The van der Waals surface area contributed by atoms with Gasteiger partial charge in [0, 0.05) is 13.1 Å². The Hall–Kier alpha value is -0.840. The maximum absolute atomic E-state index is 8.91. The van der Waals surface area contributed by atoms with E-state index in [0.717, 1.165) is 25.4 Å². The first kappa shape index (κ1) is 11.6. The first-order valence-corrected chi connectivity index (χ1v) is 5.73. The fraction of sp³-hybridized carbons (Fsp3) is 0.667. The number of aliphatic hydroxyl groups excluding tert-OH is 1. The molecule has 1 aliphatic rings. The van der Waals surface area contributed by atoms with E-state index in [1.54, 1.807) is 0 Å². The number of aliphatic hydroxyl groups is 1. The quantitative estimate of drug-likeness (QED) is 0.844. The molecular formula is C12H19NO3. The average molecular weight is 225 g/mol. The van der Waals surface area contributed by atoms with Crippen LogP contribution in [-0.2, 0) is 17.9 Å². The first-order chi connectivity index (χ1) is 7.67. The molecule has 0 spiro atoms. The minimum Gasteiger partial charge on any atom is -0.462 e. The summed E-state index contributed by atoms with van der Waals surface area (Å²) in [5.41, 5.74) is 0. The molecule has 1 saturated heterocycles. The zero-order valence-corrected chi connectivity index (χ0v) is 9.85. The van der Waals surface area contributed by atoms with Crippen molar-refractivity contribution in [3.63, 3.8) is 0 Å². The Morgan fingerprint density at radius 2 is 1.88 bits per heavy atom. The predicted octanol–water partition coefficient (Wildman–Crippen LogP) is 1.38. The molecule has 90 valence electrons. The summed E-state index contributed by atoms with van der Waals surface area (Å²) in [6, 6.07) is 3.75. The fourth-order valence-electron chi connectivity index (χ4n) is 2.23. The van der Waals surface area contributed by atoms with E-state index in [0.29, 0.717) is 5.76 Å². The Balaban J connectivity index is 1.93. The van der Waals surface area contributed by atoms with Gasteiger partial charge in [0.2, 0.25) is 0 Å². The largest absolute Gasteiger partial charge is 0.462 e. The molecule has 4 heteroatoms. The van der Waals surface area contributed by atoms with E-state index in [2.05, 4.69) is 18.7 Å². The van der Waals surface area contributed by atoms with E-state index in [1.807, 2.05) is 12.1 Å². The van der Waals surface area contributed by atoms with E-state index in [9.17, 15) is 0 Å². The molecule has 16 heavy (non-hydrogen) atoms. The number of morpholine rings is 1. The van der Waals surface area contributed by atoms with Crippen LogP contribution in [0.5, 0.6) is 0 Å². The van der Waals surface area contributed by atoms with E-state index in [1.165, 1.54) is 0 Å². The average Bonchev–Trinajstić information content (AvgIpc) is 2.64. The number of furan rings is 1. The van der Waals surface area contributed by atoms with Crippen LogP contribution in [0.15, 0.2) is 16.5 Å². The lowest BCUT2D eigenvalue weighted by Crippen LogP contribution is -2.44. The summed E-state index contributed by atoms with van der Waals surface area (Å²) in [6.07, 6.45) is 0.548. The zero-order valence-electron chi connectivity index (χ0n) is 9.85. The standard InChI is InChI=1S/C12H19NO3/c1-9-5-13(6-10(2)15-9)7-11-3-4-12(8-14)16-11/h3-4,9-10,14H,5-8H2,1-2H3. The van der Waals surface area contributed by atoms with Crippen molar-refractivity contribution in [1.29, 1.82) is 0 Å². The highest BCUT2D eigenvalue weighted by atomic mass is 16.5. The third-order valence-corrected chi connectivity index (χ3v) is 2.75. The third-order valence-electron chi connectivity index (χ3n) is 2.75. The fourth-order valence-corrected chi connectivity index (χ4v) is 2.23. The van der Waals surface area contributed by atoms with Crippen LogP contribution in [0, 0.1) is 0 Å². The summed E-state index contributed by atoms with van der Waals surface area (Å²) in [6.45, 7) is 6.79. The van der Waals surface area contributed by atoms with Gasteiger partial charge in [-0.15, -0.1) is 0 Å². The van der Waals surface area contributed by atoms with Crippen LogP contribution in [0.3, 0.4) is 0 Å². The molecule has 2 atom stereocenters.